The molecule has 0 bridgehead atoms. The van der Waals surface area contributed by atoms with Crippen molar-refractivity contribution in [3.63, 3.8) is 0 Å². The molecule has 144 valence electrons. The van der Waals surface area contributed by atoms with E-state index in [0.717, 1.165) is 31.1 Å². The number of aromatic nitrogens is 1. The highest BCUT2D eigenvalue weighted by Crippen LogP contribution is 2.32. The van der Waals surface area contributed by atoms with E-state index in [4.69, 9.17) is 4.74 Å². The molecule has 1 aromatic carbocycles. The molecule has 2 heterocycles. The van der Waals surface area contributed by atoms with Gasteiger partial charge >= 0.3 is 6.09 Å². The van der Waals surface area contributed by atoms with Crippen LogP contribution < -0.4 is 4.72 Å². The summed E-state index contributed by atoms with van der Waals surface area (Å²) in [5.74, 6) is 0. The van der Waals surface area contributed by atoms with E-state index >= 15 is 0 Å². The van der Waals surface area contributed by atoms with Crippen molar-refractivity contribution >= 4 is 21.8 Å². The molecule has 0 atom stereocenters. The zero-order valence-corrected chi connectivity index (χ0v) is 16.0. The van der Waals surface area contributed by atoms with Gasteiger partial charge in [-0.2, -0.15) is 0 Å². The molecule has 0 aliphatic carbocycles. The summed E-state index contributed by atoms with van der Waals surface area (Å²) in [6.07, 6.45) is 7.12. The summed E-state index contributed by atoms with van der Waals surface area (Å²) in [7, 11) is -3.51. The Morgan fingerprint density at radius 2 is 1.96 bits per heavy atom. The summed E-state index contributed by atoms with van der Waals surface area (Å²) < 4.78 is 31.8. The van der Waals surface area contributed by atoms with Crippen molar-refractivity contribution in [2.24, 2.45) is 0 Å². The number of para-hydroxylation sites is 1. The van der Waals surface area contributed by atoms with Gasteiger partial charge in [0.2, 0.25) is 10.0 Å². The smallest absolute Gasteiger partial charge is 0.410 e. The number of nitrogens with zero attached hydrogens (tertiary/aromatic N) is 2. The number of likely N-dealkylation sites (tertiary alicyclic amines) is 1. The standard InChI is InChI=1S/C19H23N3O4S/c1-27(24,25)21-18-16(14-26-19(23)22-11-3-2-4-12-22)7-5-9-17(18)15-8-6-10-20-13-15/h5-10,13,21H,2-4,11-12,14H2,1H3. The number of carbonyl (C=O) groups is 1. The van der Waals surface area contributed by atoms with Gasteiger partial charge in [0.15, 0.2) is 0 Å². The first-order valence-electron chi connectivity index (χ1n) is 8.86. The van der Waals surface area contributed by atoms with Crippen molar-refractivity contribution in [2.75, 3.05) is 24.1 Å². The molecule has 27 heavy (non-hydrogen) atoms. The summed E-state index contributed by atoms with van der Waals surface area (Å²) in [5, 5.41) is 0. The third kappa shape index (κ3) is 5.19. The van der Waals surface area contributed by atoms with Crippen molar-refractivity contribution in [1.82, 2.24) is 9.88 Å². The molecule has 1 saturated heterocycles. The van der Waals surface area contributed by atoms with E-state index in [1.807, 2.05) is 6.07 Å². The molecule has 1 aliphatic heterocycles. The van der Waals surface area contributed by atoms with E-state index in [1.54, 1.807) is 41.6 Å². The van der Waals surface area contributed by atoms with E-state index in [-0.39, 0.29) is 12.7 Å². The zero-order chi connectivity index (χ0) is 19.3. The largest absolute Gasteiger partial charge is 0.444 e. The molecule has 0 spiro atoms. The maximum Gasteiger partial charge on any atom is 0.410 e. The van der Waals surface area contributed by atoms with Gasteiger partial charge in [0, 0.05) is 42.2 Å². The number of amides is 1. The van der Waals surface area contributed by atoms with Crippen LogP contribution in [0, 0.1) is 0 Å². The van der Waals surface area contributed by atoms with Crippen LogP contribution in [-0.2, 0) is 21.4 Å². The second-order valence-corrected chi connectivity index (χ2v) is 8.31. The molecule has 1 fully saturated rings. The number of pyridine rings is 1. The molecule has 8 heteroatoms. The lowest BCUT2D eigenvalue weighted by Gasteiger charge is -2.26. The van der Waals surface area contributed by atoms with Crippen molar-refractivity contribution in [3.05, 3.63) is 48.3 Å². The number of hydrogen-bond acceptors (Lipinski definition) is 5. The Bertz CT molecular complexity index is 894. The van der Waals surface area contributed by atoms with E-state index in [9.17, 15) is 13.2 Å². The fourth-order valence-electron chi connectivity index (χ4n) is 3.10. The Balaban J connectivity index is 1.86. The van der Waals surface area contributed by atoms with Crippen LogP contribution in [0.2, 0.25) is 0 Å². The summed E-state index contributed by atoms with van der Waals surface area (Å²) in [6.45, 7) is 1.38. The lowest BCUT2D eigenvalue weighted by atomic mass is 10.0. The van der Waals surface area contributed by atoms with Crippen LogP contribution in [0.3, 0.4) is 0 Å². The Hall–Kier alpha value is -2.61. The Morgan fingerprint density at radius 3 is 2.63 bits per heavy atom. The average Bonchev–Trinajstić information content (AvgIpc) is 2.67. The third-order valence-electron chi connectivity index (χ3n) is 4.38. The van der Waals surface area contributed by atoms with Gasteiger partial charge in [0.25, 0.3) is 0 Å². The molecule has 3 rings (SSSR count). The van der Waals surface area contributed by atoms with E-state index < -0.39 is 10.0 Å². The van der Waals surface area contributed by atoms with Crippen molar-refractivity contribution in [2.45, 2.75) is 25.9 Å². The highest BCUT2D eigenvalue weighted by atomic mass is 32.2. The molecule has 7 nitrogen and oxygen atoms in total. The maximum absolute atomic E-state index is 12.3. The first kappa shape index (κ1) is 19.2. The van der Waals surface area contributed by atoms with E-state index in [1.165, 1.54) is 0 Å². The molecular formula is C19H23N3O4S. The second-order valence-electron chi connectivity index (χ2n) is 6.56. The van der Waals surface area contributed by atoms with Crippen LogP contribution in [-0.4, -0.2) is 43.7 Å². The van der Waals surface area contributed by atoms with Crippen LogP contribution in [0.1, 0.15) is 24.8 Å². The summed E-state index contributed by atoms with van der Waals surface area (Å²) in [4.78, 5) is 18.1. The minimum atomic E-state index is -3.51. The lowest BCUT2D eigenvalue weighted by molar-refractivity contribution is 0.0896. The van der Waals surface area contributed by atoms with Gasteiger partial charge in [-0.05, 0) is 25.3 Å². The number of hydrogen-bond donors (Lipinski definition) is 1. The van der Waals surface area contributed by atoms with Crippen molar-refractivity contribution < 1.29 is 17.9 Å². The molecule has 0 unspecified atom stereocenters. The fraction of sp³-hybridized carbons (Fsp3) is 0.368. The quantitative estimate of drug-likeness (QED) is 0.848. The van der Waals surface area contributed by atoms with Gasteiger partial charge in [-0.3, -0.25) is 9.71 Å². The molecule has 0 radical (unpaired) electrons. The third-order valence-corrected chi connectivity index (χ3v) is 4.95. The number of piperidine rings is 1. The van der Waals surface area contributed by atoms with Gasteiger partial charge in [-0.25, -0.2) is 13.2 Å². The van der Waals surface area contributed by atoms with Gasteiger partial charge in [0.05, 0.1) is 11.9 Å². The minimum Gasteiger partial charge on any atom is -0.444 e. The van der Waals surface area contributed by atoms with Gasteiger partial charge < -0.3 is 9.64 Å². The Kier molecular flexibility index (Phi) is 5.95. The molecule has 1 aliphatic rings. The monoisotopic (exact) mass is 389 g/mol. The predicted molar refractivity (Wildman–Crippen MR) is 104 cm³/mol. The summed E-state index contributed by atoms with van der Waals surface area (Å²) in [5.41, 5.74) is 2.44. The van der Waals surface area contributed by atoms with Crippen LogP contribution in [0.25, 0.3) is 11.1 Å². The maximum atomic E-state index is 12.3. The van der Waals surface area contributed by atoms with Crippen LogP contribution >= 0.6 is 0 Å². The molecular weight excluding hydrogens is 366 g/mol. The molecule has 2 aromatic rings. The highest BCUT2D eigenvalue weighted by Gasteiger charge is 2.19. The van der Waals surface area contributed by atoms with Crippen molar-refractivity contribution in [1.29, 1.82) is 0 Å². The number of carbonyl (C=O) groups excluding carboxylic acids is 1. The van der Waals surface area contributed by atoms with Crippen LogP contribution in [0.5, 0.6) is 0 Å². The molecule has 0 saturated carbocycles. The van der Waals surface area contributed by atoms with Crippen molar-refractivity contribution in [3.8, 4) is 11.1 Å². The van der Waals surface area contributed by atoms with E-state index in [2.05, 4.69) is 9.71 Å². The van der Waals surface area contributed by atoms with Crippen LogP contribution in [0.15, 0.2) is 42.7 Å². The normalized spacial score (nSPS) is 14.6. The topological polar surface area (TPSA) is 88.6 Å². The zero-order valence-electron chi connectivity index (χ0n) is 15.2. The molecule has 1 N–H and O–H groups in total. The number of ether oxygens (including phenoxy) is 1. The number of sulfonamides is 1. The lowest BCUT2D eigenvalue weighted by Crippen LogP contribution is -2.35. The number of nitrogens with one attached hydrogen (secondary N) is 1. The Morgan fingerprint density at radius 1 is 1.19 bits per heavy atom. The van der Waals surface area contributed by atoms with Crippen LogP contribution in [0.4, 0.5) is 10.5 Å². The fourth-order valence-corrected chi connectivity index (χ4v) is 3.71. The summed E-state index contributed by atoms with van der Waals surface area (Å²) in [6, 6.07) is 8.99. The second kappa shape index (κ2) is 8.39. The number of rotatable bonds is 5. The van der Waals surface area contributed by atoms with Gasteiger partial charge in [0.1, 0.15) is 6.61 Å². The first-order valence-corrected chi connectivity index (χ1v) is 10.7. The SMILES string of the molecule is CS(=O)(=O)Nc1c(COC(=O)N2CCCCC2)cccc1-c1cccnc1. The molecule has 1 amide bonds. The van der Waals surface area contributed by atoms with Gasteiger partial charge in [-0.1, -0.05) is 24.3 Å². The Labute approximate surface area is 159 Å². The number of anilines is 1. The first-order chi connectivity index (χ1) is 12.9. The highest BCUT2D eigenvalue weighted by molar-refractivity contribution is 7.92. The predicted octanol–water partition coefficient (Wildman–Crippen LogP) is 3.24. The van der Waals surface area contributed by atoms with E-state index in [0.29, 0.717) is 29.9 Å². The molecule has 1 aromatic heterocycles. The summed E-state index contributed by atoms with van der Waals surface area (Å²) >= 11 is 0. The average molecular weight is 389 g/mol. The van der Waals surface area contributed by atoms with Gasteiger partial charge in [-0.15, -0.1) is 0 Å². The minimum absolute atomic E-state index is 0.0126. The number of benzene rings is 1.